The lowest BCUT2D eigenvalue weighted by Gasteiger charge is -2.04. The molecule has 0 spiro atoms. The summed E-state index contributed by atoms with van der Waals surface area (Å²) in [7, 11) is 0. The van der Waals surface area contributed by atoms with Crippen molar-refractivity contribution in [1.82, 2.24) is 15.8 Å². The second-order valence-electron chi connectivity index (χ2n) is 2.60. The van der Waals surface area contributed by atoms with Gasteiger partial charge in [0.25, 0.3) is 5.91 Å². The Labute approximate surface area is 89.6 Å². The molecule has 0 aliphatic heterocycles. The van der Waals surface area contributed by atoms with Gasteiger partial charge in [-0.3, -0.25) is 20.4 Å². The average molecular weight is 232 g/mol. The number of nitrogens with zero attached hydrogens (tertiary/aromatic N) is 1. The number of carbonyl (C=O) groups excluding carboxylic acids is 2. The number of nitrogens with one attached hydrogen (secondary N) is 2. The summed E-state index contributed by atoms with van der Waals surface area (Å²) < 4.78 is 13.0. The lowest BCUT2D eigenvalue weighted by atomic mass is 10.3. The lowest BCUT2D eigenvalue weighted by molar-refractivity contribution is -0.119. The summed E-state index contributed by atoms with van der Waals surface area (Å²) in [6, 6.07) is 2.23. The highest BCUT2D eigenvalue weighted by Gasteiger charge is 2.13. The minimum Gasteiger partial charge on any atom is -0.274 e. The molecule has 2 amide bonds. The van der Waals surface area contributed by atoms with Gasteiger partial charge in [-0.15, -0.1) is 0 Å². The van der Waals surface area contributed by atoms with E-state index < -0.39 is 23.3 Å². The van der Waals surface area contributed by atoms with Crippen LogP contribution >= 0.6 is 11.6 Å². The molecule has 0 saturated carbocycles. The molecule has 0 aliphatic rings. The number of hydrogen-bond donors (Lipinski definition) is 2. The summed E-state index contributed by atoms with van der Waals surface area (Å²) in [4.78, 5) is 25.2. The largest absolute Gasteiger partial charge is 0.291 e. The summed E-state index contributed by atoms with van der Waals surface area (Å²) in [6.07, 6.45) is 0. The quantitative estimate of drug-likeness (QED) is 0.551. The van der Waals surface area contributed by atoms with Crippen molar-refractivity contribution in [3.05, 3.63) is 28.8 Å². The van der Waals surface area contributed by atoms with Gasteiger partial charge in [0.15, 0.2) is 11.5 Å². The summed E-state index contributed by atoms with van der Waals surface area (Å²) in [5.41, 5.74) is 3.49. The van der Waals surface area contributed by atoms with Crippen LogP contribution in [0.5, 0.6) is 0 Å². The Morgan fingerprint density at radius 1 is 1.40 bits per heavy atom. The molecule has 0 radical (unpaired) electrons. The van der Waals surface area contributed by atoms with Crippen LogP contribution in [-0.4, -0.2) is 16.8 Å². The number of halogens is 2. The summed E-state index contributed by atoms with van der Waals surface area (Å²) in [5, 5.41) is -0.00984. The molecule has 5 nitrogen and oxygen atoms in total. The molecule has 0 unspecified atom stereocenters. The Morgan fingerprint density at radius 3 is 2.67 bits per heavy atom. The lowest BCUT2D eigenvalue weighted by Crippen LogP contribution is -2.41. The van der Waals surface area contributed by atoms with E-state index in [0.717, 1.165) is 6.07 Å². The molecule has 7 heteroatoms. The van der Waals surface area contributed by atoms with Gasteiger partial charge in [-0.1, -0.05) is 11.6 Å². The molecule has 0 atom stereocenters. The van der Waals surface area contributed by atoms with E-state index in [0.29, 0.717) is 0 Å². The number of carbonyl (C=O) groups is 2. The van der Waals surface area contributed by atoms with Crippen LogP contribution in [0.3, 0.4) is 0 Å². The third-order valence-electron chi connectivity index (χ3n) is 1.38. The van der Waals surface area contributed by atoms with Gasteiger partial charge in [0.2, 0.25) is 5.91 Å². The fourth-order valence-corrected chi connectivity index (χ4v) is 0.929. The topological polar surface area (TPSA) is 71.1 Å². The van der Waals surface area contributed by atoms with Gasteiger partial charge in [0.1, 0.15) is 5.15 Å². The normalized spacial score (nSPS) is 9.53. The first kappa shape index (κ1) is 11.4. The van der Waals surface area contributed by atoms with Gasteiger partial charge in [-0.25, -0.2) is 9.37 Å². The predicted octanol–water partition coefficient (Wildman–Crippen LogP) is 0.655. The van der Waals surface area contributed by atoms with E-state index in [-0.39, 0.29) is 5.15 Å². The number of rotatable bonds is 1. The maximum atomic E-state index is 13.0. The van der Waals surface area contributed by atoms with Crippen LogP contribution in [0.15, 0.2) is 12.1 Å². The van der Waals surface area contributed by atoms with Crippen LogP contribution in [0.4, 0.5) is 4.39 Å². The van der Waals surface area contributed by atoms with Gasteiger partial charge >= 0.3 is 0 Å². The third-order valence-corrected chi connectivity index (χ3v) is 1.59. The number of pyridine rings is 1. The van der Waals surface area contributed by atoms with Crippen molar-refractivity contribution in [2.45, 2.75) is 6.92 Å². The first-order chi connectivity index (χ1) is 7.00. The molecular formula is C8H7ClFN3O2. The Bertz CT molecular complexity index is 411. The SMILES string of the molecule is CC(=O)NNC(=O)c1nc(Cl)ccc1F. The van der Waals surface area contributed by atoms with Gasteiger partial charge < -0.3 is 0 Å². The first-order valence-corrected chi connectivity index (χ1v) is 4.27. The van der Waals surface area contributed by atoms with E-state index in [1.165, 1.54) is 13.0 Å². The number of aromatic nitrogens is 1. The van der Waals surface area contributed by atoms with Crippen LogP contribution in [0.25, 0.3) is 0 Å². The zero-order valence-electron chi connectivity index (χ0n) is 7.67. The zero-order chi connectivity index (χ0) is 11.4. The van der Waals surface area contributed by atoms with Crippen molar-refractivity contribution in [3.63, 3.8) is 0 Å². The van der Waals surface area contributed by atoms with Crippen molar-refractivity contribution < 1.29 is 14.0 Å². The molecule has 80 valence electrons. The Hall–Kier alpha value is -1.69. The molecule has 0 fully saturated rings. The highest BCUT2D eigenvalue weighted by molar-refractivity contribution is 6.29. The molecule has 2 N–H and O–H groups in total. The zero-order valence-corrected chi connectivity index (χ0v) is 8.43. The maximum Gasteiger partial charge on any atom is 0.291 e. The maximum absolute atomic E-state index is 13.0. The fourth-order valence-electron chi connectivity index (χ4n) is 0.782. The summed E-state index contributed by atoms with van der Waals surface area (Å²) in [5.74, 6) is -2.17. The second-order valence-corrected chi connectivity index (χ2v) is 2.99. The van der Waals surface area contributed by atoms with Crippen LogP contribution < -0.4 is 10.9 Å². The Morgan fingerprint density at radius 2 is 2.07 bits per heavy atom. The van der Waals surface area contributed by atoms with E-state index >= 15 is 0 Å². The van der Waals surface area contributed by atoms with E-state index in [1.807, 2.05) is 10.9 Å². The molecule has 1 heterocycles. The predicted molar refractivity (Wildman–Crippen MR) is 50.5 cm³/mol. The van der Waals surface area contributed by atoms with Crippen LogP contribution in [0.2, 0.25) is 5.15 Å². The van der Waals surface area contributed by atoms with E-state index in [1.54, 1.807) is 0 Å². The van der Waals surface area contributed by atoms with Crippen molar-refractivity contribution in [1.29, 1.82) is 0 Å². The highest BCUT2D eigenvalue weighted by atomic mass is 35.5. The Kier molecular flexibility index (Phi) is 3.56. The number of hydrazine groups is 1. The molecule has 0 saturated heterocycles. The van der Waals surface area contributed by atoms with Crippen LogP contribution in [-0.2, 0) is 4.79 Å². The van der Waals surface area contributed by atoms with Crippen molar-refractivity contribution in [2.24, 2.45) is 0 Å². The summed E-state index contributed by atoms with van der Waals surface area (Å²) >= 11 is 5.48. The first-order valence-electron chi connectivity index (χ1n) is 3.89. The minimum absolute atomic E-state index is 0.00984. The highest BCUT2D eigenvalue weighted by Crippen LogP contribution is 2.09. The van der Waals surface area contributed by atoms with E-state index in [9.17, 15) is 14.0 Å². The van der Waals surface area contributed by atoms with Crippen LogP contribution in [0.1, 0.15) is 17.4 Å². The van der Waals surface area contributed by atoms with E-state index in [4.69, 9.17) is 11.6 Å². The molecule has 15 heavy (non-hydrogen) atoms. The second kappa shape index (κ2) is 4.70. The third kappa shape index (κ3) is 3.17. The molecule has 0 aliphatic carbocycles. The van der Waals surface area contributed by atoms with Gasteiger partial charge in [-0.2, -0.15) is 0 Å². The number of hydrogen-bond acceptors (Lipinski definition) is 3. The van der Waals surface area contributed by atoms with Gasteiger partial charge in [0.05, 0.1) is 0 Å². The van der Waals surface area contributed by atoms with Crippen molar-refractivity contribution in [2.75, 3.05) is 0 Å². The van der Waals surface area contributed by atoms with Crippen LogP contribution in [0, 0.1) is 5.82 Å². The van der Waals surface area contributed by atoms with Gasteiger partial charge in [0, 0.05) is 6.92 Å². The van der Waals surface area contributed by atoms with Gasteiger partial charge in [-0.05, 0) is 12.1 Å². The smallest absolute Gasteiger partial charge is 0.274 e. The Balaban J connectivity index is 2.81. The molecule has 1 rings (SSSR count). The molecule has 1 aromatic rings. The monoisotopic (exact) mass is 231 g/mol. The molecule has 1 aromatic heterocycles. The summed E-state index contributed by atoms with van der Waals surface area (Å²) in [6.45, 7) is 1.20. The van der Waals surface area contributed by atoms with Crippen molar-refractivity contribution in [3.8, 4) is 0 Å². The van der Waals surface area contributed by atoms with Crippen molar-refractivity contribution >= 4 is 23.4 Å². The fraction of sp³-hybridized carbons (Fsp3) is 0.125. The molecular weight excluding hydrogens is 225 g/mol. The minimum atomic E-state index is -0.870. The molecule has 0 aromatic carbocycles. The molecule has 0 bridgehead atoms. The van der Waals surface area contributed by atoms with E-state index in [2.05, 4.69) is 4.98 Å². The number of amides is 2. The average Bonchev–Trinajstić information content (AvgIpc) is 2.18. The standard InChI is InChI=1S/C8H7ClFN3O2/c1-4(14)12-13-8(15)7-5(10)2-3-6(9)11-7/h2-3H,1H3,(H,12,14)(H,13,15).